The lowest BCUT2D eigenvalue weighted by Crippen LogP contribution is -2.37. The van der Waals surface area contributed by atoms with Crippen LogP contribution in [0.1, 0.15) is 51.0 Å². The van der Waals surface area contributed by atoms with Gasteiger partial charge < -0.3 is 9.47 Å². The highest BCUT2D eigenvalue weighted by atomic mass is 16.6. The standard InChI is InChI=1S/C17H22O2/c1-3-11(2)12-4-6-14(7-5-12)19-17-9-8-13(10-17)15-16(17)18-15/h4-7,11,13,15-16H,3,8-10H2,1-2H3. The quantitative estimate of drug-likeness (QED) is 0.764. The summed E-state index contributed by atoms with van der Waals surface area (Å²) in [5.74, 6) is 2.42. The van der Waals surface area contributed by atoms with Crippen molar-refractivity contribution in [2.75, 3.05) is 0 Å². The Hall–Kier alpha value is -1.02. The van der Waals surface area contributed by atoms with Crippen LogP contribution in [0.25, 0.3) is 0 Å². The van der Waals surface area contributed by atoms with E-state index in [1.807, 2.05) is 0 Å². The second-order valence-corrected chi connectivity index (χ2v) is 6.57. The van der Waals surface area contributed by atoms with Crippen LogP contribution in [0.5, 0.6) is 5.75 Å². The molecule has 0 aromatic heterocycles. The molecule has 3 aliphatic rings. The largest absolute Gasteiger partial charge is 0.484 e. The molecule has 1 saturated heterocycles. The molecule has 5 unspecified atom stereocenters. The van der Waals surface area contributed by atoms with Gasteiger partial charge in [0.2, 0.25) is 0 Å². The van der Waals surface area contributed by atoms with Gasteiger partial charge in [0, 0.05) is 0 Å². The maximum atomic E-state index is 6.35. The molecule has 1 aromatic rings. The van der Waals surface area contributed by atoms with Crippen molar-refractivity contribution in [1.82, 2.24) is 0 Å². The summed E-state index contributed by atoms with van der Waals surface area (Å²) >= 11 is 0. The molecule has 1 aromatic carbocycles. The minimum absolute atomic E-state index is 0.00717. The fraction of sp³-hybridized carbons (Fsp3) is 0.647. The zero-order valence-corrected chi connectivity index (χ0v) is 11.8. The third-order valence-electron chi connectivity index (χ3n) is 5.44. The van der Waals surface area contributed by atoms with Gasteiger partial charge in [-0.3, -0.25) is 0 Å². The molecule has 102 valence electrons. The van der Waals surface area contributed by atoms with Crippen molar-refractivity contribution in [3.63, 3.8) is 0 Å². The molecule has 1 aliphatic heterocycles. The van der Waals surface area contributed by atoms with Crippen LogP contribution in [0.4, 0.5) is 0 Å². The molecule has 2 nitrogen and oxygen atoms in total. The van der Waals surface area contributed by atoms with E-state index in [1.54, 1.807) is 0 Å². The van der Waals surface area contributed by atoms with Crippen LogP contribution in [0.2, 0.25) is 0 Å². The maximum absolute atomic E-state index is 6.35. The lowest BCUT2D eigenvalue weighted by molar-refractivity contribution is 0.0408. The molecule has 0 spiro atoms. The molecule has 4 rings (SSSR count). The van der Waals surface area contributed by atoms with Crippen LogP contribution in [-0.2, 0) is 4.74 Å². The first-order chi connectivity index (χ1) is 9.22. The summed E-state index contributed by atoms with van der Waals surface area (Å²) in [5, 5.41) is 0. The van der Waals surface area contributed by atoms with Crippen molar-refractivity contribution in [3.05, 3.63) is 29.8 Å². The Morgan fingerprint density at radius 2 is 2.16 bits per heavy atom. The van der Waals surface area contributed by atoms with E-state index < -0.39 is 0 Å². The van der Waals surface area contributed by atoms with Crippen molar-refractivity contribution in [2.45, 2.75) is 63.3 Å². The highest BCUT2D eigenvalue weighted by Crippen LogP contribution is 2.60. The van der Waals surface area contributed by atoms with Crippen molar-refractivity contribution in [2.24, 2.45) is 5.92 Å². The summed E-state index contributed by atoms with van der Waals surface area (Å²) in [6, 6.07) is 8.71. The Bertz CT molecular complexity index is 481. The van der Waals surface area contributed by atoms with E-state index in [9.17, 15) is 0 Å². The SMILES string of the molecule is CCC(C)c1ccc(OC23CCC(C2)C2OC23)cc1. The summed E-state index contributed by atoms with van der Waals surface area (Å²) in [5.41, 5.74) is 1.41. The lowest BCUT2D eigenvalue weighted by atomic mass is 9.96. The molecular weight excluding hydrogens is 236 g/mol. The van der Waals surface area contributed by atoms with E-state index in [4.69, 9.17) is 9.47 Å². The Kier molecular flexibility index (Phi) is 2.47. The summed E-state index contributed by atoms with van der Waals surface area (Å²) in [6.45, 7) is 4.51. The molecular formula is C17H22O2. The van der Waals surface area contributed by atoms with Gasteiger partial charge in [-0.15, -0.1) is 0 Å². The molecule has 5 atom stereocenters. The highest BCUT2D eigenvalue weighted by molar-refractivity contribution is 5.31. The number of ether oxygens (including phenoxy) is 2. The maximum Gasteiger partial charge on any atom is 0.138 e. The molecule has 3 fully saturated rings. The van der Waals surface area contributed by atoms with Gasteiger partial charge in [-0.1, -0.05) is 26.0 Å². The van der Waals surface area contributed by atoms with Gasteiger partial charge >= 0.3 is 0 Å². The van der Waals surface area contributed by atoms with E-state index >= 15 is 0 Å². The van der Waals surface area contributed by atoms with Crippen LogP contribution < -0.4 is 4.74 Å². The lowest BCUT2D eigenvalue weighted by Gasteiger charge is -2.27. The number of rotatable bonds is 4. The van der Waals surface area contributed by atoms with Crippen molar-refractivity contribution >= 4 is 0 Å². The van der Waals surface area contributed by atoms with Crippen LogP contribution in [0.15, 0.2) is 24.3 Å². The number of hydrogen-bond donors (Lipinski definition) is 0. The Morgan fingerprint density at radius 3 is 2.79 bits per heavy atom. The first-order valence-electron chi connectivity index (χ1n) is 7.66. The third kappa shape index (κ3) is 1.73. The third-order valence-corrected chi connectivity index (χ3v) is 5.44. The number of benzene rings is 1. The molecule has 2 aliphatic carbocycles. The second-order valence-electron chi connectivity index (χ2n) is 6.57. The van der Waals surface area contributed by atoms with Crippen molar-refractivity contribution in [1.29, 1.82) is 0 Å². The summed E-state index contributed by atoms with van der Waals surface area (Å²) in [6.07, 6.45) is 5.75. The van der Waals surface area contributed by atoms with Gasteiger partial charge in [-0.25, -0.2) is 0 Å². The Morgan fingerprint density at radius 1 is 1.37 bits per heavy atom. The molecule has 2 heteroatoms. The zero-order chi connectivity index (χ0) is 13.0. The predicted molar refractivity (Wildman–Crippen MR) is 74.5 cm³/mol. The molecule has 19 heavy (non-hydrogen) atoms. The zero-order valence-electron chi connectivity index (χ0n) is 11.8. The number of hydrogen-bond acceptors (Lipinski definition) is 2. The molecule has 2 saturated carbocycles. The van der Waals surface area contributed by atoms with Crippen LogP contribution in [0.3, 0.4) is 0 Å². The average molecular weight is 258 g/mol. The van der Waals surface area contributed by atoms with Crippen molar-refractivity contribution < 1.29 is 9.47 Å². The summed E-state index contributed by atoms with van der Waals surface area (Å²) in [7, 11) is 0. The van der Waals surface area contributed by atoms with E-state index in [0.29, 0.717) is 18.1 Å². The number of fused-ring (bicyclic) bond motifs is 5. The van der Waals surface area contributed by atoms with Gasteiger partial charge in [0.25, 0.3) is 0 Å². The first kappa shape index (κ1) is 11.8. The molecule has 2 bridgehead atoms. The molecule has 1 heterocycles. The van der Waals surface area contributed by atoms with Gasteiger partial charge in [0.1, 0.15) is 17.5 Å². The van der Waals surface area contributed by atoms with Gasteiger partial charge in [0.15, 0.2) is 0 Å². The van der Waals surface area contributed by atoms with Crippen LogP contribution in [0, 0.1) is 5.92 Å². The predicted octanol–water partition coefficient (Wildman–Crippen LogP) is 3.90. The number of epoxide rings is 1. The normalized spacial score (nSPS) is 40.0. The monoisotopic (exact) mass is 258 g/mol. The topological polar surface area (TPSA) is 21.8 Å². The second kappa shape index (κ2) is 3.99. The minimum atomic E-state index is 0.00717. The van der Waals surface area contributed by atoms with E-state index in [0.717, 1.165) is 11.7 Å². The highest BCUT2D eigenvalue weighted by Gasteiger charge is 2.70. The first-order valence-corrected chi connectivity index (χ1v) is 7.66. The van der Waals surface area contributed by atoms with Crippen LogP contribution in [-0.4, -0.2) is 17.8 Å². The Labute approximate surface area is 115 Å². The van der Waals surface area contributed by atoms with E-state index in [-0.39, 0.29) is 5.60 Å². The summed E-state index contributed by atoms with van der Waals surface area (Å²) < 4.78 is 12.1. The van der Waals surface area contributed by atoms with E-state index in [2.05, 4.69) is 38.1 Å². The fourth-order valence-electron chi connectivity index (χ4n) is 4.01. The molecule has 0 N–H and O–H groups in total. The smallest absolute Gasteiger partial charge is 0.138 e. The fourth-order valence-corrected chi connectivity index (χ4v) is 4.01. The van der Waals surface area contributed by atoms with Crippen LogP contribution >= 0.6 is 0 Å². The minimum Gasteiger partial charge on any atom is -0.484 e. The van der Waals surface area contributed by atoms with Gasteiger partial charge in [-0.2, -0.15) is 0 Å². The van der Waals surface area contributed by atoms with Crippen molar-refractivity contribution in [3.8, 4) is 5.75 Å². The van der Waals surface area contributed by atoms with Gasteiger partial charge in [0.05, 0.1) is 6.10 Å². The summed E-state index contributed by atoms with van der Waals surface area (Å²) in [4.78, 5) is 0. The van der Waals surface area contributed by atoms with E-state index in [1.165, 1.54) is 31.2 Å². The Balaban J connectivity index is 1.51. The van der Waals surface area contributed by atoms with Gasteiger partial charge in [-0.05, 0) is 55.2 Å². The average Bonchev–Trinajstić information content (AvgIpc) is 3.10. The molecule has 0 amide bonds. The molecule has 0 radical (unpaired) electrons.